The van der Waals surface area contributed by atoms with Crippen molar-refractivity contribution in [3.05, 3.63) is 59.2 Å². The lowest BCUT2D eigenvalue weighted by atomic mass is 9.97. The highest BCUT2D eigenvalue weighted by Crippen LogP contribution is 2.27. The monoisotopic (exact) mass is 365 g/mol. The van der Waals surface area contributed by atoms with Crippen molar-refractivity contribution in [3.8, 4) is 5.75 Å². The van der Waals surface area contributed by atoms with Crippen molar-refractivity contribution < 1.29 is 23.9 Å². The molecule has 2 aromatic carbocycles. The van der Waals surface area contributed by atoms with Crippen LogP contribution in [-0.2, 0) is 27.2 Å². The van der Waals surface area contributed by atoms with Gasteiger partial charge in [0.15, 0.2) is 12.4 Å². The normalized spacial score (nSPS) is 17.8. The molecular formula is C21H19NO5. The van der Waals surface area contributed by atoms with Crippen LogP contribution in [0.1, 0.15) is 27.9 Å². The molecule has 1 N–H and O–H groups in total. The molecule has 2 aromatic rings. The number of para-hydroxylation sites is 1. The van der Waals surface area contributed by atoms with Crippen molar-refractivity contribution in [2.75, 3.05) is 18.5 Å². The molecule has 0 bridgehead atoms. The third-order valence-corrected chi connectivity index (χ3v) is 4.88. The van der Waals surface area contributed by atoms with Crippen LogP contribution >= 0.6 is 0 Å². The standard InChI is InChI=1S/C21H19NO5/c23-18(14-5-7-17-13(9-14)6-8-20(24)22-17)12-27-21(25)16-10-15-3-1-2-4-19(15)26-11-16/h1-5,7,9,16H,6,8,10-12H2,(H,22,24). The van der Waals surface area contributed by atoms with E-state index >= 15 is 0 Å². The Morgan fingerprint density at radius 2 is 1.96 bits per heavy atom. The number of carbonyl (C=O) groups excluding carboxylic acids is 3. The third-order valence-electron chi connectivity index (χ3n) is 4.88. The average Bonchev–Trinajstić information content (AvgIpc) is 2.71. The van der Waals surface area contributed by atoms with E-state index < -0.39 is 11.9 Å². The molecule has 6 nitrogen and oxygen atoms in total. The van der Waals surface area contributed by atoms with Crippen LogP contribution in [0.2, 0.25) is 0 Å². The molecule has 4 rings (SSSR count). The van der Waals surface area contributed by atoms with Crippen LogP contribution in [0.5, 0.6) is 5.75 Å². The minimum Gasteiger partial charge on any atom is -0.492 e. The summed E-state index contributed by atoms with van der Waals surface area (Å²) in [6.07, 6.45) is 1.55. The summed E-state index contributed by atoms with van der Waals surface area (Å²) in [7, 11) is 0. The second-order valence-electron chi connectivity index (χ2n) is 6.77. The number of ketones is 1. The molecule has 1 atom stereocenters. The van der Waals surface area contributed by atoms with Crippen molar-refractivity contribution >= 4 is 23.3 Å². The van der Waals surface area contributed by atoms with Gasteiger partial charge in [0, 0.05) is 17.7 Å². The smallest absolute Gasteiger partial charge is 0.313 e. The van der Waals surface area contributed by atoms with Gasteiger partial charge >= 0.3 is 5.97 Å². The predicted octanol–water partition coefficient (Wildman–Crippen LogP) is 2.55. The highest BCUT2D eigenvalue weighted by Gasteiger charge is 2.27. The van der Waals surface area contributed by atoms with E-state index in [1.807, 2.05) is 24.3 Å². The number of ether oxygens (including phenoxy) is 2. The summed E-state index contributed by atoms with van der Waals surface area (Å²) in [6, 6.07) is 12.7. The van der Waals surface area contributed by atoms with Crippen LogP contribution in [0.4, 0.5) is 5.69 Å². The van der Waals surface area contributed by atoms with Gasteiger partial charge in [0.25, 0.3) is 0 Å². The number of carbonyl (C=O) groups is 3. The van der Waals surface area contributed by atoms with Crippen LogP contribution < -0.4 is 10.1 Å². The molecule has 0 saturated carbocycles. The van der Waals surface area contributed by atoms with Gasteiger partial charge in [0.1, 0.15) is 12.4 Å². The number of fused-ring (bicyclic) bond motifs is 2. The number of rotatable bonds is 4. The molecule has 2 heterocycles. The lowest BCUT2D eigenvalue weighted by Crippen LogP contribution is -2.31. The molecule has 6 heteroatoms. The summed E-state index contributed by atoms with van der Waals surface area (Å²) in [6.45, 7) is -0.0509. The Morgan fingerprint density at radius 1 is 1.11 bits per heavy atom. The van der Waals surface area contributed by atoms with E-state index in [1.165, 1.54) is 0 Å². The minimum atomic E-state index is -0.428. The number of nitrogens with one attached hydrogen (secondary N) is 1. The number of anilines is 1. The lowest BCUT2D eigenvalue weighted by Gasteiger charge is -2.23. The van der Waals surface area contributed by atoms with Crippen LogP contribution in [0, 0.1) is 5.92 Å². The molecule has 0 saturated heterocycles. The molecule has 2 aliphatic heterocycles. The summed E-state index contributed by atoms with van der Waals surface area (Å²) < 4.78 is 10.8. The van der Waals surface area contributed by atoms with Crippen LogP contribution in [-0.4, -0.2) is 30.9 Å². The number of amides is 1. The first-order chi connectivity index (χ1) is 13.1. The Balaban J connectivity index is 1.35. The zero-order chi connectivity index (χ0) is 18.8. The predicted molar refractivity (Wildman–Crippen MR) is 97.8 cm³/mol. The molecule has 0 aromatic heterocycles. The molecule has 2 aliphatic rings. The second kappa shape index (κ2) is 7.23. The van der Waals surface area contributed by atoms with Crippen molar-refractivity contribution in [3.63, 3.8) is 0 Å². The molecule has 1 amide bonds. The second-order valence-corrected chi connectivity index (χ2v) is 6.77. The van der Waals surface area contributed by atoms with Gasteiger partial charge in [-0.05, 0) is 48.2 Å². The number of Topliss-reactive ketones (excluding diaryl/α,β-unsaturated/α-hetero) is 1. The lowest BCUT2D eigenvalue weighted by molar-refractivity contribution is -0.148. The molecule has 27 heavy (non-hydrogen) atoms. The molecule has 0 fully saturated rings. The Labute approximate surface area is 156 Å². The molecule has 0 spiro atoms. The quantitative estimate of drug-likeness (QED) is 0.665. The Hall–Kier alpha value is -3.15. The fourth-order valence-electron chi connectivity index (χ4n) is 3.37. The Kier molecular flexibility index (Phi) is 4.62. The average molecular weight is 365 g/mol. The van der Waals surface area contributed by atoms with Crippen molar-refractivity contribution in [1.82, 2.24) is 0 Å². The largest absolute Gasteiger partial charge is 0.492 e. The first-order valence-corrected chi connectivity index (χ1v) is 8.93. The maximum Gasteiger partial charge on any atom is 0.313 e. The van der Waals surface area contributed by atoms with Crippen molar-refractivity contribution in [1.29, 1.82) is 0 Å². The topological polar surface area (TPSA) is 81.7 Å². The van der Waals surface area contributed by atoms with Crippen molar-refractivity contribution in [2.24, 2.45) is 5.92 Å². The van der Waals surface area contributed by atoms with E-state index in [0.29, 0.717) is 24.8 Å². The van der Waals surface area contributed by atoms with E-state index in [0.717, 1.165) is 22.6 Å². The number of benzene rings is 2. The van der Waals surface area contributed by atoms with Crippen LogP contribution in [0.15, 0.2) is 42.5 Å². The number of esters is 1. The first kappa shape index (κ1) is 17.3. The van der Waals surface area contributed by atoms with Gasteiger partial charge in [0.05, 0.1) is 5.92 Å². The molecular weight excluding hydrogens is 346 g/mol. The van der Waals surface area contributed by atoms with Gasteiger partial charge in [0.2, 0.25) is 5.91 Å². The van der Waals surface area contributed by atoms with Crippen LogP contribution in [0.25, 0.3) is 0 Å². The molecule has 1 unspecified atom stereocenters. The van der Waals surface area contributed by atoms with E-state index in [1.54, 1.807) is 18.2 Å². The fourth-order valence-corrected chi connectivity index (χ4v) is 3.37. The van der Waals surface area contributed by atoms with Gasteiger partial charge in [-0.1, -0.05) is 18.2 Å². The summed E-state index contributed by atoms with van der Waals surface area (Å²) in [4.78, 5) is 36.1. The summed E-state index contributed by atoms with van der Waals surface area (Å²) in [5, 5.41) is 2.78. The Morgan fingerprint density at radius 3 is 2.85 bits per heavy atom. The number of aryl methyl sites for hydroxylation is 1. The van der Waals surface area contributed by atoms with Crippen LogP contribution in [0.3, 0.4) is 0 Å². The maximum absolute atomic E-state index is 12.4. The molecule has 138 valence electrons. The SMILES string of the molecule is O=C1CCc2cc(C(=O)COC(=O)C3COc4ccccc4C3)ccc2N1. The van der Waals surface area contributed by atoms with Gasteiger partial charge in [-0.2, -0.15) is 0 Å². The van der Waals surface area contributed by atoms with Gasteiger partial charge < -0.3 is 14.8 Å². The van der Waals surface area contributed by atoms with E-state index in [4.69, 9.17) is 9.47 Å². The first-order valence-electron chi connectivity index (χ1n) is 8.93. The summed E-state index contributed by atoms with van der Waals surface area (Å²) >= 11 is 0. The highest BCUT2D eigenvalue weighted by atomic mass is 16.5. The molecule has 0 aliphatic carbocycles. The maximum atomic E-state index is 12.4. The fraction of sp³-hybridized carbons (Fsp3) is 0.286. The third kappa shape index (κ3) is 3.69. The number of hydrogen-bond acceptors (Lipinski definition) is 5. The van der Waals surface area contributed by atoms with Gasteiger partial charge in [-0.3, -0.25) is 14.4 Å². The number of hydrogen-bond donors (Lipinski definition) is 1. The highest BCUT2D eigenvalue weighted by molar-refractivity contribution is 6.00. The van der Waals surface area contributed by atoms with E-state index in [9.17, 15) is 14.4 Å². The summed E-state index contributed by atoms with van der Waals surface area (Å²) in [5.41, 5.74) is 3.10. The van der Waals surface area contributed by atoms with Gasteiger partial charge in [-0.25, -0.2) is 0 Å². The minimum absolute atomic E-state index is 0.0215. The summed E-state index contributed by atoms with van der Waals surface area (Å²) in [5.74, 6) is -0.333. The van der Waals surface area contributed by atoms with Crippen molar-refractivity contribution in [2.45, 2.75) is 19.3 Å². The zero-order valence-corrected chi connectivity index (χ0v) is 14.7. The zero-order valence-electron chi connectivity index (χ0n) is 14.7. The Bertz CT molecular complexity index is 921. The van der Waals surface area contributed by atoms with Gasteiger partial charge in [-0.15, -0.1) is 0 Å². The van der Waals surface area contributed by atoms with E-state index in [2.05, 4.69) is 5.32 Å². The molecule has 0 radical (unpaired) electrons. The van der Waals surface area contributed by atoms with E-state index in [-0.39, 0.29) is 24.9 Å².